The number of hydrogen-bond donors (Lipinski definition) is 2. The Morgan fingerprint density at radius 3 is 2.23 bits per heavy atom. The number of nitrogens with one attached hydrogen (secondary N) is 2. The van der Waals surface area contributed by atoms with Crippen LogP contribution in [0.4, 0.5) is 18.9 Å². The Morgan fingerprint density at radius 1 is 1.06 bits per heavy atom. The molecule has 1 unspecified atom stereocenters. The summed E-state index contributed by atoms with van der Waals surface area (Å²) in [5.41, 5.74) is 0.328. The van der Waals surface area contributed by atoms with Crippen molar-refractivity contribution in [3.05, 3.63) is 62.0 Å². The van der Waals surface area contributed by atoms with Gasteiger partial charge in [-0.15, -0.1) is 23.2 Å². The van der Waals surface area contributed by atoms with E-state index in [2.05, 4.69) is 21.2 Å². The van der Waals surface area contributed by atoms with E-state index in [0.29, 0.717) is 15.1 Å². The van der Waals surface area contributed by atoms with Gasteiger partial charge in [-0.25, -0.2) is 0 Å². The molecule has 4 nitrogen and oxygen atoms in total. The number of alkyl halides is 5. The predicted molar refractivity (Wildman–Crippen MR) is 120 cm³/mol. The zero-order valence-corrected chi connectivity index (χ0v) is 20.2. The summed E-state index contributed by atoms with van der Waals surface area (Å²) in [5, 5.41) is 4.61. The average Bonchev–Trinajstić information content (AvgIpc) is 2.62. The fourth-order valence-corrected chi connectivity index (χ4v) is 3.80. The molecule has 2 amide bonds. The molecule has 0 aliphatic rings. The molecule has 0 saturated heterocycles. The lowest BCUT2D eigenvalue weighted by atomic mass is 9.94. The average molecular weight is 581 g/mol. The van der Waals surface area contributed by atoms with Crippen molar-refractivity contribution in [2.24, 2.45) is 0 Å². The molecular formula is C19H14BrCl4F3N2O2. The first kappa shape index (κ1) is 26.1. The van der Waals surface area contributed by atoms with Gasteiger partial charge in [0, 0.05) is 10.2 Å². The van der Waals surface area contributed by atoms with Crippen LogP contribution in [0.1, 0.15) is 28.8 Å². The topological polar surface area (TPSA) is 58.2 Å². The van der Waals surface area contributed by atoms with Gasteiger partial charge in [-0.3, -0.25) is 9.59 Å². The third-order valence-corrected chi connectivity index (χ3v) is 5.95. The molecule has 0 bridgehead atoms. The van der Waals surface area contributed by atoms with Crippen LogP contribution in [0.25, 0.3) is 0 Å². The van der Waals surface area contributed by atoms with E-state index in [1.165, 1.54) is 19.1 Å². The van der Waals surface area contributed by atoms with E-state index >= 15 is 0 Å². The zero-order chi connectivity index (χ0) is 23.6. The summed E-state index contributed by atoms with van der Waals surface area (Å²) in [6.45, 7) is -0.0934. The van der Waals surface area contributed by atoms with Crippen molar-refractivity contribution in [1.29, 1.82) is 0 Å². The molecule has 2 rings (SSSR count). The molecule has 2 aromatic carbocycles. The minimum Gasteiger partial charge on any atom is -0.343 e. The molecule has 0 fully saturated rings. The summed E-state index contributed by atoms with van der Waals surface area (Å²) in [6, 6.07) is 8.54. The summed E-state index contributed by atoms with van der Waals surface area (Å²) >= 11 is 27.7. The molecule has 1 atom stereocenters. The van der Waals surface area contributed by atoms with Gasteiger partial charge >= 0.3 is 6.18 Å². The molecule has 0 radical (unpaired) electrons. The van der Waals surface area contributed by atoms with Gasteiger partial charge in [0.1, 0.15) is 10.9 Å². The SMILES string of the molecule is CC(Cl)(Cl)C(C(=O)Nc1ccc(Cl)c(C(=O)NCC(F)(F)F)c1)c1ccc(Cl)c(Br)c1. The number of benzene rings is 2. The number of halogens is 8. The van der Waals surface area contributed by atoms with E-state index < -0.39 is 34.8 Å². The monoisotopic (exact) mass is 578 g/mol. The van der Waals surface area contributed by atoms with E-state index in [9.17, 15) is 22.8 Å². The maximum Gasteiger partial charge on any atom is 0.405 e. The summed E-state index contributed by atoms with van der Waals surface area (Å²) in [7, 11) is 0. The van der Waals surface area contributed by atoms with Crippen LogP contribution in [0.3, 0.4) is 0 Å². The second-order valence-electron chi connectivity index (χ2n) is 6.54. The van der Waals surface area contributed by atoms with Crippen molar-refractivity contribution in [1.82, 2.24) is 5.32 Å². The Hall–Kier alpha value is -1.19. The molecular weight excluding hydrogens is 567 g/mol. The van der Waals surface area contributed by atoms with E-state index in [-0.39, 0.29) is 16.3 Å². The molecule has 0 heterocycles. The Bertz CT molecular complexity index is 997. The predicted octanol–water partition coefficient (Wildman–Crippen LogP) is 6.96. The highest BCUT2D eigenvalue weighted by molar-refractivity contribution is 9.10. The van der Waals surface area contributed by atoms with E-state index in [0.717, 1.165) is 6.07 Å². The first-order valence-electron chi connectivity index (χ1n) is 8.47. The van der Waals surface area contributed by atoms with Crippen molar-refractivity contribution < 1.29 is 22.8 Å². The van der Waals surface area contributed by atoms with Gasteiger partial charge in [-0.1, -0.05) is 29.3 Å². The van der Waals surface area contributed by atoms with Gasteiger partial charge in [0.15, 0.2) is 0 Å². The minimum atomic E-state index is -4.58. The highest BCUT2D eigenvalue weighted by Gasteiger charge is 2.37. The van der Waals surface area contributed by atoms with Gasteiger partial charge in [-0.2, -0.15) is 13.2 Å². The second-order valence-corrected chi connectivity index (χ2v) is 9.98. The van der Waals surface area contributed by atoms with Crippen molar-refractivity contribution in [2.75, 3.05) is 11.9 Å². The smallest absolute Gasteiger partial charge is 0.343 e. The summed E-state index contributed by atoms with van der Waals surface area (Å²) in [6.07, 6.45) is -4.58. The van der Waals surface area contributed by atoms with Crippen molar-refractivity contribution in [3.8, 4) is 0 Å². The molecule has 2 aromatic rings. The molecule has 0 saturated carbocycles. The van der Waals surface area contributed by atoms with E-state index in [1.807, 2.05) is 0 Å². The Morgan fingerprint density at radius 2 is 1.68 bits per heavy atom. The molecule has 0 aliphatic heterocycles. The molecule has 0 aromatic heterocycles. The Balaban J connectivity index is 2.30. The standard InChI is InChI=1S/C19H14BrCl4F3N2O2/c1-18(23,24)15(9-2-4-14(22)12(20)6-9)17(31)29-10-3-5-13(21)11(7-10)16(30)28-8-19(25,26)27/h2-7,15H,8H2,1H3,(H,28,30)(H,29,31). The molecule has 168 valence electrons. The molecule has 12 heteroatoms. The lowest BCUT2D eigenvalue weighted by Crippen LogP contribution is -2.34. The third kappa shape index (κ3) is 7.43. The van der Waals surface area contributed by atoms with Crippen LogP contribution in [-0.4, -0.2) is 28.9 Å². The van der Waals surface area contributed by atoms with Crippen molar-refractivity contribution in [2.45, 2.75) is 23.4 Å². The fraction of sp³-hybridized carbons (Fsp3) is 0.263. The highest BCUT2D eigenvalue weighted by atomic mass is 79.9. The van der Waals surface area contributed by atoms with Gasteiger partial charge in [0.05, 0.1) is 21.5 Å². The van der Waals surface area contributed by atoms with Gasteiger partial charge in [0.25, 0.3) is 5.91 Å². The van der Waals surface area contributed by atoms with Gasteiger partial charge < -0.3 is 10.6 Å². The molecule has 2 N–H and O–H groups in total. The lowest BCUT2D eigenvalue weighted by Gasteiger charge is -2.26. The summed E-state index contributed by atoms with van der Waals surface area (Å²) in [5.74, 6) is -2.72. The van der Waals surface area contributed by atoms with Crippen LogP contribution in [0, 0.1) is 0 Å². The zero-order valence-electron chi connectivity index (χ0n) is 15.6. The van der Waals surface area contributed by atoms with Crippen molar-refractivity contribution in [3.63, 3.8) is 0 Å². The van der Waals surface area contributed by atoms with Crippen LogP contribution >= 0.6 is 62.3 Å². The molecule has 31 heavy (non-hydrogen) atoms. The fourth-order valence-electron chi connectivity index (χ4n) is 2.63. The molecule has 0 aliphatic carbocycles. The van der Waals surface area contributed by atoms with Crippen LogP contribution in [0.5, 0.6) is 0 Å². The van der Waals surface area contributed by atoms with Crippen LogP contribution in [-0.2, 0) is 4.79 Å². The van der Waals surface area contributed by atoms with Crippen molar-refractivity contribution >= 4 is 79.8 Å². The highest BCUT2D eigenvalue weighted by Crippen LogP contribution is 2.40. The third-order valence-electron chi connectivity index (χ3n) is 3.97. The van der Waals surface area contributed by atoms with Gasteiger partial charge in [-0.05, 0) is 58.7 Å². The van der Waals surface area contributed by atoms with Crippen LogP contribution in [0.15, 0.2) is 40.9 Å². The van der Waals surface area contributed by atoms with E-state index in [4.69, 9.17) is 46.4 Å². The first-order chi connectivity index (χ1) is 14.2. The second kappa shape index (κ2) is 10.2. The minimum absolute atomic E-state index is 0.0876. The Kier molecular flexibility index (Phi) is 8.55. The first-order valence-corrected chi connectivity index (χ1v) is 10.8. The van der Waals surface area contributed by atoms with Gasteiger partial charge in [0.2, 0.25) is 5.91 Å². The normalized spacial score (nSPS) is 12.9. The van der Waals surface area contributed by atoms with Crippen LogP contribution in [0.2, 0.25) is 10.0 Å². The number of carbonyl (C=O) groups excluding carboxylic acids is 2. The maximum absolute atomic E-state index is 13.0. The number of amides is 2. The number of hydrogen-bond acceptors (Lipinski definition) is 2. The van der Waals surface area contributed by atoms with Crippen LogP contribution < -0.4 is 10.6 Å². The number of carbonyl (C=O) groups is 2. The number of anilines is 1. The lowest BCUT2D eigenvalue weighted by molar-refractivity contribution is -0.123. The molecule has 0 spiro atoms. The largest absolute Gasteiger partial charge is 0.405 e. The Labute approximate surface area is 204 Å². The summed E-state index contributed by atoms with van der Waals surface area (Å²) < 4.78 is 36.1. The quantitative estimate of drug-likeness (QED) is 0.363. The number of rotatable bonds is 6. The summed E-state index contributed by atoms with van der Waals surface area (Å²) in [4.78, 5) is 25.0. The maximum atomic E-state index is 13.0. The van der Waals surface area contributed by atoms with E-state index in [1.54, 1.807) is 23.5 Å².